The van der Waals surface area contributed by atoms with Crippen molar-refractivity contribution >= 4 is 26.1 Å². The molecule has 0 rings (SSSR count). The van der Waals surface area contributed by atoms with E-state index >= 15 is 0 Å². The highest BCUT2D eigenvalue weighted by atomic mass is 32.2. The molecule has 0 bridgehead atoms. The summed E-state index contributed by atoms with van der Waals surface area (Å²) >= 11 is 0. The molecule has 0 fully saturated rings. The van der Waals surface area contributed by atoms with Crippen LogP contribution in [0.15, 0.2) is 4.40 Å². The van der Waals surface area contributed by atoms with Crippen molar-refractivity contribution in [1.29, 1.82) is 0 Å². The van der Waals surface area contributed by atoms with Gasteiger partial charge in [-0.1, -0.05) is 108 Å². The van der Waals surface area contributed by atoms with Crippen molar-refractivity contribution in [2.45, 2.75) is 110 Å². The first-order valence-electron chi connectivity index (χ1n) is 11.1. The smallest absolute Gasteiger partial charge is 0.227 e. The van der Waals surface area contributed by atoms with Gasteiger partial charge in [-0.15, -0.1) is 0 Å². The normalized spacial score (nSPS) is 12.0. The molecule has 0 unspecified atom stereocenters. The first kappa shape index (κ1) is 28.2. The molecule has 29 heavy (non-hydrogen) atoms. The molecule has 0 radical (unpaired) electrons. The van der Waals surface area contributed by atoms with Gasteiger partial charge < -0.3 is 0 Å². The minimum absolute atomic E-state index is 0.0707. The molecule has 9 heteroatoms. The molecule has 0 amide bonds. The molecular weight excluding hydrogens is 412 g/mol. The van der Waals surface area contributed by atoms with Gasteiger partial charge in [-0.3, -0.25) is 0 Å². The third-order valence-electron chi connectivity index (χ3n) is 4.93. The van der Waals surface area contributed by atoms with E-state index in [1.165, 1.54) is 77.0 Å². The van der Waals surface area contributed by atoms with E-state index in [1.807, 2.05) is 0 Å². The van der Waals surface area contributed by atoms with Gasteiger partial charge in [0.05, 0.1) is 5.75 Å². The summed E-state index contributed by atoms with van der Waals surface area (Å²) in [5.41, 5.74) is 0. The van der Waals surface area contributed by atoms with E-state index in [9.17, 15) is 21.6 Å². The van der Waals surface area contributed by atoms with Gasteiger partial charge in [0.15, 0.2) is 9.84 Å². The summed E-state index contributed by atoms with van der Waals surface area (Å²) in [5, 5.41) is 0. The van der Waals surface area contributed by atoms with Crippen LogP contribution in [0.25, 0.3) is 0 Å². The van der Waals surface area contributed by atoms with Gasteiger partial charge in [-0.2, -0.15) is 13.1 Å². The second-order valence-corrected chi connectivity index (χ2v) is 11.3. The van der Waals surface area contributed by atoms with Gasteiger partial charge in [-0.05, 0) is 6.42 Å². The Balaban J connectivity index is 3.45. The fraction of sp³-hybridized carbons (Fsp3) is 0.950. The average Bonchev–Trinajstić information content (AvgIpc) is 2.66. The third-order valence-corrected chi connectivity index (χ3v) is 7.43. The molecule has 0 aliphatic heterocycles. The van der Waals surface area contributed by atoms with E-state index in [0.717, 1.165) is 25.3 Å². The quantitative estimate of drug-likeness (QED) is 0.153. The summed E-state index contributed by atoms with van der Waals surface area (Å²) in [7, 11) is -7.79. The molecule has 0 aliphatic carbocycles. The number of hydrogen-bond acceptors (Lipinski definition) is 5. The van der Waals surface area contributed by atoms with Crippen molar-refractivity contribution in [2.24, 2.45) is 4.40 Å². The highest BCUT2D eigenvalue weighted by Gasteiger charge is 2.15. The molecule has 0 aliphatic rings. The van der Waals surface area contributed by atoms with E-state index in [-0.39, 0.29) is 5.75 Å². The van der Waals surface area contributed by atoms with Crippen LogP contribution in [0, 0.1) is 0 Å². The zero-order valence-corrected chi connectivity index (χ0v) is 19.7. The number of nitrogens with one attached hydrogen (secondary N) is 1. The molecule has 0 spiro atoms. The number of hydrogen-bond donors (Lipinski definition) is 1. The number of isocyanates is 1. The number of rotatable bonds is 21. The highest BCUT2D eigenvalue weighted by Crippen LogP contribution is 2.13. The standard InChI is InChI=1S/C20H40N2O5S2/c1-2-3-4-5-6-7-8-9-10-11-12-13-14-15-16-17-18-28(24,25)20-22-29(26,27)21-19-23/h22H,2-18,20H2,1H3. The molecule has 0 aromatic heterocycles. The topological polar surface area (TPSA) is 110 Å². The Bertz CT molecular complexity index is 642. The first-order chi connectivity index (χ1) is 13.8. The van der Waals surface area contributed by atoms with Crippen LogP contribution >= 0.6 is 0 Å². The van der Waals surface area contributed by atoms with Crippen LogP contribution in [0.3, 0.4) is 0 Å². The average molecular weight is 453 g/mol. The van der Waals surface area contributed by atoms with Crippen LogP contribution < -0.4 is 4.72 Å². The fourth-order valence-corrected chi connectivity index (χ4v) is 5.45. The van der Waals surface area contributed by atoms with Gasteiger partial charge in [0.1, 0.15) is 5.88 Å². The molecular formula is C20H40N2O5S2. The van der Waals surface area contributed by atoms with E-state index in [4.69, 9.17) is 0 Å². The van der Waals surface area contributed by atoms with E-state index in [1.54, 1.807) is 4.72 Å². The molecule has 0 atom stereocenters. The number of unbranched alkanes of at least 4 members (excludes halogenated alkanes) is 15. The van der Waals surface area contributed by atoms with Gasteiger partial charge in [-0.25, -0.2) is 13.2 Å². The summed E-state index contributed by atoms with van der Waals surface area (Å²) in [6, 6.07) is 0. The molecule has 0 aromatic rings. The van der Waals surface area contributed by atoms with E-state index < -0.39 is 25.9 Å². The highest BCUT2D eigenvalue weighted by molar-refractivity contribution is 7.93. The summed E-state index contributed by atoms with van der Waals surface area (Å²) in [5.74, 6) is -0.808. The summed E-state index contributed by atoms with van der Waals surface area (Å²) in [4.78, 5) is 9.92. The van der Waals surface area contributed by atoms with Crippen LogP contribution in [0.5, 0.6) is 0 Å². The van der Waals surface area contributed by atoms with E-state index in [0.29, 0.717) is 6.42 Å². The Morgan fingerprint density at radius 1 is 0.655 bits per heavy atom. The van der Waals surface area contributed by atoms with Crippen molar-refractivity contribution in [3.05, 3.63) is 0 Å². The molecule has 0 heterocycles. The predicted octanol–water partition coefficient (Wildman–Crippen LogP) is 4.79. The van der Waals surface area contributed by atoms with Crippen molar-refractivity contribution in [2.75, 3.05) is 11.6 Å². The second-order valence-electron chi connectivity index (χ2n) is 7.70. The van der Waals surface area contributed by atoms with Gasteiger partial charge in [0.25, 0.3) is 6.08 Å². The van der Waals surface area contributed by atoms with Crippen LogP contribution in [0.1, 0.15) is 110 Å². The maximum absolute atomic E-state index is 11.8. The van der Waals surface area contributed by atoms with E-state index in [2.05, 4.69) is 11.3 Å². The zero-order valence-electron chi connectivity index (χ0n) is 18.0. The molecule has 0 saturated heterocycles. The summed E-state index contributed by atoms with van der Waals surface area (Å²) < 4.78 is 50.0. The van der Waals surface area contributed by atoms with Crippen molar-refractivity contribution in [3.63, 3.8) is 0 Å². The number of carbonyl (C=O) groups excluding carboxylic acids is 1. The van der Waals surface area contributed by atoms with Gasteiger partial charge >= 0.3 is 10.2 Å². The minimum atomic E-state index is -4.25. The second kappa shape index (κ2) is 18.0. The minimum Gasteiger partial charge on any atom is -0.227 e. The third kappa shape index (κ3) is 20.3. The maximum Gasteiger partial charge on any atom is 0.331 e. The van der Waals surface area contributed by atoms with Crippen LogP contribution in [0.2, 0.25) is 0 Å². The van der Waals surface area contributed by atoms with Crippen molar-refractivity contribution in [3.8, 4) is 0 Å². The molecule has 7 nitrogen and oxygen atoms in total. The van der Waals surface area contributed by atoms with Crippen LogP contribution in [0.4, 0.5) is 0 Å². The first-order valence-corrected chi connectivity index (χ1v) is 14.4. The molecule has 0 aromatic carbocycles. The monoisotopic (exact) mass is 452 g/mol. The maximum atomic E-state index is 11.8. The number of sulfone groups is 1. The molecule has 1 N–H and O–H groups in total. The lowest BCUT2D eigenvalue weighted by molar-refractivity contribution is 0.530. The van der Waals surface area contributed by atoms with Crippen molar-refractivity contribution in [1.82, 2.24) is 4.72 Å². The fourth-order valence-electron chi connectivity index (χ4n) is 3.19. The molecule has 0 saturated carbocycles. The summed E-state index contributed by atoms with van der Waals surface area (Å²) in [6.07, 6.45) is 20.3. The Hall–Kier alpha value is -0.760. The Labute approximate surface area is 178 Å². The predicted molar refractivity (Wildman–Crippen MR) is 118 cm³/mol. The van der Waals surface area contributed by atoms with Crippen LogP contribution in [-0.2, 0) is 24.8 Å². The van der Waals surface area contributed by atoms with Crippen LogP contribution in [-0.4, -0.2) is 34.5 Å². The van der Waals surface area contributed by atoms with Gasteiger partial charge in [0, 0.05) is 0 Å². The largest absolute Gasteiger partial charge is 0.331 e. The van der Waals surface area contributed by atoms with Gasteiger partial charge in [0.2, 0.25) is 0 Å². The lowest BCUT2D eigenvalue weighted by Crippen LogP contribution is -2.29. The number of nitrogens with zero attached hydrogens (tertiary/aromatic N) is 1. The lowest BCUT2D eigenvalue weighted by atomic mass is 10.0. The molecule has 172 valence electrons. The Morgan fingerprint density at radius 2 is 1.03 bits per heavy atom. The SMILES string of the molecule is CCCCCCCCCCCCCCCCCCS(=O)(=O)CNS(=O)(=O)N=C=O. The zero-order chi connectivity index (χ0) is 21.8. The Morgan fingerprint density at radius 3 is 1.41 bits per heavy atom. The summed E-state index contributed by atoms with van der Waals surface area (Å²) in [6.45, 7) is 2.25. The Kier molecular flexibility index (Phi) is 17.6. The van der Waals surface area contributed by atoms with Crippen molar-refractivity contribution < 1.29 is 21.6 Å². The lowest BCUT2D eigenvalue weighted by Gasteiger charge is -2.05.